The number of benzene rings is 1. The van der Waals surface area contributed by atoms with E-state index in [4.69, 9.17) is 5.73 Å². The number of rotatable bonds is 5. The molecule has 0 radical (unpaired) electrons. The summed E-state index contributed by atoms with van der Waals surface area (Å²) in [7, 11) is 0. The van der Waals surface area contributed by atoms with Gasteiger partial charge in [-0.3, -0.25) is 0 Å². The van der Waals surface area contributed by atoms with Gasteiger partial charge in [-0.15, -0.1) is 0 Å². The molecule has 20 heavy (non-hydrogen) atoms. The normalized spacial score (nSPS) is 26.5. The van der Waals surface area contributed by atoms with Crippen molar-refractivity contribution in [1.29, 1.82) is 0 Å². The van der Waals surface area contributed by atoms with Gasteiger partial charge in [0.05, 0.1) is 0 Å². The molecule has 1 fully saturated rings. The molecule has 0 amide bonds. The minimum absolute atomic E-state index is 0.682. The van der Waals surface area contributed by atoms with Crippen LogP contribution in [0.1, 0.15) is 45.1 Å². The molecule has 0 aliphatic heterocycles. The van der Waals surface area contributed by atoms with Crippen molar-refractivity contribution in [3.8, 4) is 0 Å². The highest BCUT2D eigenvalue weighted by Crippen LogP contribution is 2.34. The first-order valence-corrected chi connectivity index (χ1v) is 8.13. The Morgan fingerprint density at radius 1 is 1.15 bits per heavy atom. The molecule has 1 aromatic rings. The fraction of sp³-hybridized carbons (Fsp3) is 0.667. The van der Waals surface area contributed by atoms with Gasteiger partial charge in [0.15, 0.2) is 0 Å². The number of nitrogens with two attached hydrogens (primary N) is 1. The molecule has 2 atom stereocenters. The van der Waals surface area contributed by atoms with E-state index in [0.717, 1.165) is 31.3 Å². The van der Waals surface area contributed by atoms with E-state index in [0.29, 0.717) is 6.04 Å². The van der Waals surface area contributed by atoms with Crippen LogP contribution < -0.4 is 10.6 Å². The lowest BCUT2D eigenvalue weighted by Gasteiger charge is -2.41. The van der Waals surface area contributed by atoms with Crippen molar-refractivity contribution in [3.05, 3.63) is 29.8 Å². The zero-order valence-corrected chi connectivity index (χ0v) is 13.3. The molecule has 2 heteroatoms. The Morgan fingerprint density at radius 3 is 2.45 bits per heavy atom. The summed E-state index contributed by atoms with van der Waals surface area (Å²) in [6.45, 7) is 8.85. The number of aryl methyl sites for hydroxylation is 1. The minimum atomic E-state index is 0.682. The third-order valence-electron chi connectivity index (χ3n) is 4.53. The lowest BCUT2D eigenvalue weighted by atomic mass is 9.79. The maximum atomic E-state index is 5.74. The molecule has 0 saturated heterocycles. The standard InChI is InChI=1S/C18H30N2/c1-14-6-4-7-17(11-14)20(9-5-8-19)18-12-15(2)10-16(3)13-18/h4,6-7,11,15-16,18H,5,8-10,12-13,19H2,1-3H3. The molecule has 2 unspecified atom stereocenters. The van der Waals surface area contributed by atoms with Gasteiger partial charge in [0.2, 0.25) is 0 Å². The molecule has 0 aromatic heterocycles. The Morgan fingerprint density at radius 2 is 1.85 bits per heavy atom. The van der Waals surface area contributed by atoms with Crippen LogP contribution in [0, 0.1) is 18.8 Å². The summed E-state index contributed by atoms with van der Waals surface area (Å²) in [6.07, 6.45) is 5.11. The molecule has 0 heterocycles. The first-order chi connectivity index (χ1) is 9.60. The van der Waals surface area contributed by atoms with Crippen molar-refractivity contribution in [3.63, 3.8) is 0 Å². The molecule has 2 N–H and O–H groups in total. The van der Waals surface area contributed by atoms with Gasteiger partial charge in [-0.05, 0) is 68.7 Å². The molecular weight excluding hydrogens is 244 g/mol. The maximum absolute atomic E-state index is 5.74. The Labute approximate surface area is 124 Å². The zero-order chi connectivity index (χ0) is 14.5. The zero-order valence-electron chi connectivity index (χ0n) is 13.3. The van der Waals surface area contributed by atoms with E-state index >= 15 is 0 Å². The highest BCUT2D eigenvalue weighted by Gasteiger charge is 2.28. The SMILES string of the molecule is Cc1cccc(N(CCCN)C2CC(C)CC(C)C2)c1. The lowest BCUT2D eigenvalue weighted by Crippen LogP contribution is -2.41. The second-order valence-corrected chi connectivity index (χ2v) is 6.75. The van der Waals surface area contributed by atoms with E-state index in [1.54, 1.807) is 0 Å². The summed E-state index contributed by atoms with van der Waals surface area (Å²) >= 11 is 0. The first kappa shape index (κ1) is 15.4. The summed E-state index contributed by atoms with van der Waals surface area (Å²) in [5, 5.41) is 0. The molecule has 1 saturated carbocycles. The lowest BCUT2D eigenvalue weighted by molar-refractivity contribution is 0.259. The highest BCUT2D eigenvalue weighted by molar-refractivity contribution is 5.49. The van der Waals surface area contributed by atoms with Crippen LogP contribution in [-0.4, -0.2) is 19.1 Å². The molecule has 1 aliphatic carbocycles. The van der Waals surface area contributed by atoms with E-state index in [9.17, 15) is 0 Å². The van der Waals surface area contributed by atoms with Crippen LogP contribution in [0.15, 0.2) is 24.3 Å². The van der Waals surface area contributed by atoms with E-state index in [2.05, 4.69) is 49.9 Å². The van der Waals surface area contributed by atoms with Crippen molar-refractivity contribution >= 4 is 5.69 Å². The fourth-order valence-corrected chi connectivity index (χ4v) is 3.75. The number of nitrogens with zero attached hydrogens (tertiary/aromatic N) is 1. The van der Waals surface area contributed by atoms with E-state index in [1.165, 1.54) is 30.5 Å². The summed E-state index contributed by atoms with van der Waals surface area (Å²) in [6, 6.07) is 9.61. The van der Waals surface area contributed by atoms with Crippen molar-refractivity contribution in [2.75, 3.05) is 18.0 Å². The average Bonchev–Trinajstić information content (AvgIpc) is 2.38. The Balaban J connectivity index is 2.18. The van der Waals surface area contributed by atoms with Gasteiger partial charge >= 0.3 is 0 Å². The molecular formula is C18H30N2. The van der Waals surface area contributed by atoms with Crippen LogP contribution in [0.5, 0.6) is 0 Å². The summed E-state index contributed by atoms with van der Waals surface area (Å²) in [5.41, 5.74) is 8.47. The Bertz CT molecular complexity index is 406. The quantitative estimate of drug-likeness (QED) is 0.880. The van der Waals surface area contributed by atoms with Gasteiger partial charge in [-0.1, -0.05) is 26.0 Å². The van der Waals surface area contributed by atoms with Crippen LogP contribution in [0.25, 0.3) is 0 Å². The topological polar surface area (TPSA) is 29.3 Å². The molecule has 112 valence electrons. The van der Waals surface area contributed by atoms with Crippen LogP contribution in [-0.2, 0) is 0 Å². The van der Waals surface area contributed by atoms with Crippen molar-refractivity contribution < 1.29 is 0 Å². The number of hydrogen-bond acceptors (Lipinski definition) is 2. The summed E-state index contributed by atoms with van der Waals surface area (Å²) in [4.78, 5) is 2.62. The molecule has 2 nitrogen and oxygen atoms in total. The second-order valence-electron chi connectivity index (χ2n) is 6.75. The maximum Gasteiger partial charge on any atom is 0.0371 e. The summed E-state index contributed by atoms with van der Waals surface area (Å²) in [5.74, 6) is 1.68. The molecule has 0 bridgehead atoms. The number of anilines is 1. The third-order valence-corrected chi connectivity index (χ3v) is 4.53. The van der Waals surface area contributed by atoms with Gasteiger partial charge in [-0.25, -0.2) is 0 Å². The fourth-order valence-electron chi connectivity index (χ4n) is 3.75. The highest BCUT2D eigenvalue weighted by atomic mass is 15.2. The van der Waals surface area contributed by atoms with E-state index in [-0.39, 0.29) is 0 Å². The predicted octanol–water partition coefficient (Wildman–Crippen LogP) is 3.97. The summed E-state index contributed by atoms with van der Waals surface area (Å²) < 4.78 is 0. The monoisotopic (exact) mass is 274 g/mol. The van der Waals surface area contributed by atoms with Crippen molar-refractivity contribution in [2.24, 2.45) is 17.6 Å². The average molecular weight is 274 g/mol. The smallest absolute Gasteiger partial charge is 0.0371 e. The van der Waals surface area contributed by atoms with Crippen LogP contribution >= 0.6 is 0 Å². The second kappa shape index (κ2) is 7.12. The largest absolute Gasteiger partial charge is 0.368 e. The molecule has 2 rings (SSSR count). The third kappa shape index (κ3) is 3.99. The molecule has 0 spiro atoms. The van der Waals surface area contributed by atoms with Gasteiger partial charge in [0.1, 0.15) is 0 Å². The van der Waals surface area contributed by atoms with Gasteiger partial charge in [0.25, 0.3) is 0 Å². The Hall–Kier alpha value is -1.02. The van der Waals surface area contributed by atoms with Gasteiger partial charge in [-0.2, -0.15) is 0 Å². The van der Waals surface area contributed by atoms with Crippen LogP contribution in [0.3, 0.4) is 0 Å². The van der Waals surface area contributed by atoms with Crippen molar-refractivity contribution in [1.82, 2.24) is 0 Å². The Kier molecular flexibility index (Phi) is 5.47. The van der Waals surface area contributed by atoms with E-state index in [1.807, 2.05) is 0 Å². The van der Waals surface area contributed by atoms with E-state index < -0.39 is 0 Å². The first-order valence-electron chi connectivity index (χ1n) is 8.13. The van der Waals surface area contributed by atoms with Crippen LogP contribution in [0.2, 0.25) is 0 Å². The number of hydrogen-bond donors (Lipinski definition) is 1. The minimum Gasteiger partial charge on any atom is -0.368 e. The molecule has 1 aliphatic rings. The van der Waals surface area contributed by atoms with Crippen molar-refractivity contribution in [2.45, 2.75) is 52.5 Å². The predicted molar refractivity (Wildman–Crippen MR) is 88.2 cm³/mol. The van der Waals surface area contributed by atoms with Crippen LogP contribution in [0.4, 0.5) is 5.69 Å². The van der Waals surface area contributed by atoms with Gasteiger partial charge < -0.3 is 10.6 Å². The van der Waals surface area contributed by atoms with Gasteiger partial charge in [0, 0.05) is 18.3 Å². The molecule has 1 aromatic carbocycles.